The van der Waals surface area contributed by atoms with E-state index in [1.54, 1.807) is 0 Å². The largest absolute Gasteiger partial charge is 0.756 e. The lowest BCUT2D eigenvalue weighted by molar-refractivity contribution is -0.870. The summed E-state index contributed by atoms with van der Waals surface area (Å²) in [5.74, 6) is -0.824. The van der Waals surface area contributed by atoms with Crippen LogP contribution in [0.15, 0.2) is 97.2 Å². The lowest BCUT2D eigenvalue weighted by Crippen LogP contribution is -2.37. The SMILES string of the molecule is CC/C=C\C/C=C\C/C=C\C/C=C\C/C=C\C/C=C\C/C=C\CCCCCCCCCCCCCCCCCC(=O)OC(COC(=O)CCCCCCCCCCCCCCC/C=C\CCCCCCCCCC)COP(=O)([O-])OCC[N+](C)(C)C. The summed E-state index contributed by atoms with van der Waals surface area (Å²) in [7, 11) is 1.17. The number of carbonyl (C=O) groups excluding carboxylic acids is 2. The van der Waals surface area contributed by atoms with Crippen LogP contribution in [0.2, 0.25) is 0 Å². The Labute approximate surface area is 532 Å². The number of quaternary nitrogens is 1. The molecule has 0 aromatic rings. The predicted octanol–water partition coefficient (Wildman–Crippen LogP) is 22.9. The molecule has 0 radical (unpaired) electrons. The van der Waals surface area contributed by atoms with E-state index in [-0.39, 0.29) is 32.0 Å². The molecular formula is C76H136NO8P. The number of unbranched alkanes of at least 4 members (excludes halogenated alkanes) is 36. The molecule has 498 valence electrons. The van der Waals surface area contributed by atoms with E-state index >= 15 is 0 Å². The third-order valence-electron chi connectivity index (χ3n) is 15.6. The number of ether oxygens (including phenoxy) is 2. The van der Waals surface area contributed by atoms with Gasteiger partial charge in [-0.25, -0.2) is 0 Å². The second-order valence-corrected chi connectivity index (χ2v) is 26.6. The van der Waals surface area contributed by atoms with Crippen LogP contribution in [0.3, 0.4) is 0 Å². The van der Waals surface area contributed by atoms with E-state index in [0.717, 1.165) is 83.5 Å². The molecular weight excluding hydrogens is 1090 g/mol. The van der Waals surface area contributed by atoms with Crippen molar-refractivity contribution in [3.8, 4) is 0 Å². The normalized spacial score (nSPS) is 13.7. The maximum absolute atomic E-state index is 12.9. The molecule has 0 heterocycles. The quantitative estimate of drug-likeness (QED) is 0.0195. The second-order valence-electron chi connectivity index (χ2n) is 25.2. The zero-order valence-electron chi connectivity index (χ0n) is 56.7. The van der Waals surface area contributed by atoms with Crippen LogP contribution in [0.5, 0.6) is 0 Å². The average molecular weight is 1220 g/mol. The molecule has 2 atom stereocenters. The fourth-order valence-corrected chi connectivity index (χ4v) is 10.8. The van der Waals surface area contributed by atoms with E-state index in [1.165, 1.54) is 205 Å². The van der Waals surface area contributed by atoms with Crippen LogP contribution in [-0.4, -0.2) is 70.0 Å². The van der Waals surface area contributed by atoms with E-state index in [1.807, 2.05) is 21.1 Å². The van der Waals surface area contributed by atoms with Gasteiger partial charge in [0.2, 0.25) is 0 Å². The van der Waals surface area contributed by atoms with Gasteiger partial charge in [-0.2, -0.15) is 0 Å². The summed E-state index contributed by atoms with van der Waals surface area (Å²) in [5, 5.41) is 0. The van der Waals surface area contributed by atoms with Gasteiger partial charge in [-0.1, -0.05) is 310 Å². The first kappa shape index (κ1) is 82.9. The number of phosphoric ester groups is 1. The Hall–Kier alpha value is -3.07. The molecule has 0 fully saturated rings. The standard InChI is InChI=1S/C76H136NO8P/c1-6-8-10-12-14-16-18-20-22-24-26-28-30-32-33-34-35-36-37-38-39-40-41-42-43-45-47-49-51-53-55-57-59-61-63-65-67-69-76(79)85-74(73-84-86(80,81)83-71-70-77(3,4)5)72-82-75(78)68-66-64-62-60-58-56-54-52-50-48-46-44-31-29-27-25-23-21-19-17-15-13-11-9-7-2/h8,10,14,16,20,22,25-28,32-33,35-36,38-39,74H,6-7,9,11-13,15,17-19,21,23-24,29-31,34,37,40-73H2,1-5H3/b10-8-,16-14-,22-20-,27-25-,28-26-,33-32-,36-35-,39-38-. The molecule has 0 amide bonds. The van der Waals surface area contributed by atoms with Crippen LogP contribution >= 0.6 is 7.82 Å². The zero-order chi connectivity index (χ0) is 62.6. The molecule has 0 saturated heterocycles. The summed E-state index contributed by atoms with van der Waals surface area (Å²) in [6.07, 6.45) is 92.0. The number of carbonyl (C=O) groups is 2. The molecule has 0 rings (SSSR count). The molecule has 9 nitrogen and oxygen atoms in total. The Kier molecular flexibility index (Phi) is 64.0. The Bertz CT molecular complexity index is 1770. The van der Waals surface area contributed by atoms with Gasteiger partial charge in [0.25, 0.3) is 7.82 Å². The van der Waals surface area contributed by atoms with E-state index in [2.05, 4.69) is 111 Å². The molecule has 0 saturated carbocycles. The topological polar surface area (TPSA) is 111 Å². The molecule has 0 aliphatic carbocycles. The van der Waals surface area contributed by atoms with Gasteiger partial charge in [0.1, 0.15) is 19.8 Å². The smallest absolute Gasteiger partial charge is 0.306 e. The maximum atomic E-state index is 12.9. The monoisotopic (exact) mass is 1220 g/mol. The van der Waals surface area contributed by atoms with Gasteiger partial charge >= 0.3 is 11.9 Å². The summed E-state index contributed by atoms with van der Waals surface area (Å²) in [4.78, 5) is 38.1. The molecule has 0 aliphatic heterocycles. The van der Waals surface area contributed by atoms with Crippen LogP contribution in [0.25, 0.3) is 0 Å². The van der Waals surface area contributed by atoms with Crippen molar-refractivity contribution in [3.63, 3.8) is 0 Å². The van der Waals surface area contributed by atoms with Crippen molar-refractivity contribution in [1.82, 2.24) is 0 Å². The molecule has 86 heavy (non-hydrogen) atoms. The molecule has 0 aliphatic rings. The van der Waals surface area contributed by atoms with Gasteiger partial charge in [-0.15, -0.1) is 0 Å². The van der Waals surface area contributed by atoms with Crippen LogP contribution in [0.4, 0.5) is 0 Å². The van der Waals surface area contributed by atoms with Crippen LogP contribution in [-0.2, 0) is 32.7 Å². The molecule has 0 spiro atoms. The van der Waals surface area contributed by atoms with Crippen molar-refractivity contribution in [2.45, 2.75) is 328 Å². The first-order valence-corrected chi connectivity index (χ1v) is 37.4. The minimum absolute atomic E-state index is 0.0323. The van der Waals surface area contributed by atoms with Gasteiger partial charge in [-0.3, -0.25) is 14.2 Å². The number of hydrogen-bond acceptors (Lipinski definition) is 8. The number of allylic oxidation sites excluding steroid dienone is 16. The highest BCUT2D eigenvalue weighted by Crippen LogP contribution is 2.38. The van der Waals surface area contributed by atoms with E-state index in [9.17, 15) is 19.0 Å². The molecule has 10 heteroatoms. The highest BCUT2D eigenvalue weighted by atomic mass is 31.2. The lowest BCUT2D eigenvalue weighted by atomic mass is 10.0. The fraction of sp³-hybridized carbons (Fsp3) is 0.763. The van der Waals surface area contributed by atoms with Gasteiger partial charge in [0.05, 0.1) is 27.7 Å². The summed E-state index contributed by atoms with van der Waals surface area (Å²) in [6, 6.07) is 0. The molecule has 0 aromatic heterocycles. The highest BCUT2D eigenvalue weighted by molar-refractivity contribution is 7.45. The Morgan fingerprint density at radius 1 is 0.372 bits per heavy atom. The Morgan fingerprint density at radius 2 is 0.663 bits per heavy atom. The van der Waals surface area contributed by atoms with E-state index < -0.39 is 26.5 Å². The van der Waals surface area contributed by atoms with Crippen molar-refractivity contribution in [1.29, 1.82) is 0 Å². The minimum Gasteiger partial charge on any atom is -0.756 e. The van der Waals surface area contributed by atoms with Gasteiger partial charge in [-0.05, 0) is 96.3 Å². The zero-order valence-corrected chi connectivity index (χ0v) is 57.6. The van der Waals surface area contributed by atoms with Gasteiger partial charge in [0.15, 0.2) is 6.10 Å². The summed E-state index contributed by atoms with van der Waals surface area (Å²) in [6.45, 7) is 4.16. The first-order valence-electron chi connectivity index (χ1n) is 35.9. The molecule has 0 bridgehead atoms. The van der Waals surface area contributed by atoms with Crippen LogP contribution in [0.1, 0.15) is 322 Å². The van der Waals surface area contributed by atoms with Crippen molar-refractivity contribution < 1.29 is 42.1 Å². The number of phosphoric acid groups is 1. The average Bonchev–Trinajstić information content (AvgIpc) is 3.67. The first-order chi connectivity index (χ1) is 42.0. The van der Waals surface area contributed by atoms with Crippen molar-refractivity contribution in [3.05, 3.63) is 97.2 Å². The number of hydrogen-bond donors (Lipinski definition) is 0. The number of likely N-dealkylation sites (N-methyl/N-ethyl adjacent to an activating group) is 1. The Morgan fingerprint density at radius 3 is 1.00 bits per heavy atom. The highest BCUT2D eigenvalue weighted by Gasteiger charge is 2.22. The molecule has 0 aromatic carbocycles. The van der Waals surface area contributed by atoms with E-state index in [0.29, 0.717) is 17.4 Å². The number of esters is 2. The van der Waals surface area contributed by atoms with Crippen molar-refractivity contribution in [2.75, 3.05) is 47.5 Å². The van der Waals surface area contributed by atoms with E-state index in [4.69, 9.17) is 18.5 Å². The minimum atomic E-state index is -4.65. The second kappa shape index (κ2) is 66.4. The molecule has 2 unspecified atom stereocenters. The maximum Gasteiger partial charge on any atom is 0.306 e. The fourth-order valence-electron chi connectivity index (χ4n) is 10.1. The molecule has 0 N–H and O–H groups in total. The van der Waals surface area contributed by atoms with Crippen molar-refractivity contribution >= 4 is 19.8 Å². The van der Waals surface area contributed by atoms with Gasteiger partial charge in [0, 0.05) is 12.8 Å². The predicted molar refractivity (Wildman–Crippen MR) is 369 cm³/mol. The summed E-state index contributed by atoms with van der Waals surface area (Å²) in [5.41, 5.74) is 0. The van der Waals surface area contributed by atoms with Crippen LogP contribution in [0, 0.1) is 0 Å². The number of nitrogens with zero attached hydrogens (tertiary/aromatic N) is 1. The number of rotatable bonds is 66. The van der Waals surface area contributed by atoms with Crippen LogP contribution < -0.4 is 4.89 Å². The third-order valence-corrected chi connectivity index (χ3v) is 16.6. The van der Waals surface area contributed by atoms with Crippen molar-refractivity contribution in [2.24, 2.45) is 0 Å². The third kappa shape index (κ3) is 70.0. The Balaban J connectivity index is 4.02. The van der Waals surface area contributed by atoms with Gasteiger partial charge < -0.3 is 27.9 Å². The summed E-state index contributed by atoms with van der Waals surface area (Å²) < 4.78 is 34.3. The summed E-state index contributed by atoms with van der Waals surface area (Å²) >= 11 is 0. The lowest BCUT2D eigenvalue weighted by Gasteiger charge is -2.28.